The Morgan fingerprint density at radius 3 is 2.49 bits per heavy atom. The number of Topliss-reactive ketones (excluding diaryl/α,β-unsaturated/α-hetero) is 1. The Balaban J connectivity index is 1.87. The number of carbonyl (C=O) groups is 2. The maximum absolute atomic E-state index is 13.3. The number of methoxy groups -OCH3 is 1. The third-order valence-electron chi connectivity index (χ3n) is 5.67. The van der Waals surface area contributed by atoms with E-state index in [-0.39, 0.29) is 17.9 Å². The van der Waals surface area contributed by atoms with Gasteiger partial charge in [0.25, 0.3) is 11.7 Å². The number of ketones is 1. The number of aliphatic hydroxyl groups excluding tert-OH is 1. The van der Waals surface area contributed by atoms with Crippen molar-refractivity contribution in [2.45, 2.75) is 26.4 Å². The summed E-state index contributed by atoms with van der Waals surface area (Å²) < 4.78 is 22.1. The molecule has 2 heterocycles. The zero-order chi connectivity index (χ0) is 24.9. The van der Waals surface area contributed by atoms with Crippen LogP contribution in [0.25, 0.3) is 5.76 Å². The quantitative estimate of drug-likeness (QED) is 0.271. The van der Waals surface area contributed by atoms with Crippen LogP contribution in [0.1, 0.15) is 36.8 Å². The van der Waals surface area contributed by atoms with Gasteiger partial charge in [-0.25, -0.2) is 0 Å². The van der Waals surface area contributed by atoms with Gasteiger partial charge in [-0.05, 0) is 55.8 Å². The van der Waals surface area contributed by atoms with Crippen molar-refractivity contribution in [2.75, 3.05) is 20.3 Å². The topological polar surface area (TPSA) is 98.4 Å². The molecule has 1 atom stereocenters. The summed E-state index contributed by atoms with van der Waals surface area (Å²) in [5.41, 5.74) is 0.926. The molecule has 35 heavy (non-hydrogen) atoms. The van der Waals surface area contributed by atoms with Gasteiger partial charge >= 0.3 is 0 Å². The van der Waals surface area contributed by atoms with Crippen molar-refractivity contribution in [1.82, 2.24) is 4.90 Å². The van der Waals surface area contributed by atoms with Crippen molar-refractivity contribution in [3.05, 3.63) is 83.3 Å². The number of hydrogen-bond donors (Lipinski definition) is 1. The standard InChI is InChI=1S/C27H27NO7/c1-4-33-19-9-6-8-18(14-19)25(29)23-24(17-11-12-21(34-5-2)22(15-17)32-3)28(27(31)26(23)30)16-20-10-7-13-35-20/h6-15,24,29H,4-5,16H2,1-3H3. The van der Waals surface area contributed by atoms with Gasteiger partial charge in [0.2, 0.25) is 0 Å². The minimum absolute atomic E-state index is 0.0265. The molecule has 0 spiro atoms. The highest BCUT2D eigenvalue weighted by Gasteiger charge is 2.46. The van der Waals surface area contributed by atoms with Crippen LogP contribution in [0.15, 0.2) is 70.9 Å². The number of rotatable bonds is 9. The van der Waals surface area contributed by atoms with Crippen LogP contribution in [0, 0.1) is 0 Å². The number of likely N-dealkylation sites (tertiary alicyclic amines) is 1. The molecule has 4 rings (SSSR count). The lowest BCUT2D eigenvalue weighted by Crippen LogP contribution is -2.29. The zero-order valence-corrected chi connectivity index (χ0v) is 19.8. The molecule has 1 saturated heterocycles. The van der Waals surface area contributed by atoms with E-state index < -0.39 is 17.7 Å². The zero-order valence-electron chi connectivity index (χ0n) is 19.8. The lowest BCUT2D eigenvalue weighted by molar-refractivity contribution is -0.140. The van der Waals surface area contributed by atoms with Crippen molar-refractivity contribution >= 4 is 17.4 Å². The fraction of sp³-hybridized carbons (Fsp3) is 0.259. The second kappa shape index (κ2) is 10.4. The van der Waals surface area contributed by atoms with Crippen LogP contribution < -0.4 is 14.2 Å². The molecule has 1 fully saturated rings. The molecule has 0 bridgehead atoms. The number of carbonyl (C=O) groups excluding carboxylic acids is 2. The van der Waals surface area contributed by atoms with Gasteiger partial charge in [-0.1, -0.05) is 18.2 Å². The van der Waals surface area contributed by atoms with E-state index in [1.165, 1.54) is 18.3 Å². The van der Waals surface area contributed by atoms with Crippen molar-refractivity contribution in [3.8, 4) is 17.2 Å². The Morgan fingerprint density at radius 1 is 1.00 bits per heavy atom. The normalized spacial score (nSPS) is 17.0. The summed E-state index contributed by atoms with van der Waals surface area (Å²) in [6.07, 6.45) is 1.50. The smallest absolute Gasteiger partial charge is 0.296 e. The first-order valence-corrected chi connectivity index (χ1v) is 11.3. The van der Waals surface area contributed by atoms with E-state index in [1.54, 1.807) is 54.6 Å². The van der Waals surface area contributed by atoms with Crippen LogP contribution in [0.4, 0.5) is 0 Å². The molecule has 8 nitrogen and oxygen atoms in total. The Bertz CT molecular complexity index is 1250. The summed E-state index contributed by atoms with van der Waals surface area (Å²) in [5, 5.41) is 11.3. The van der Waals surface area contributed by atoms with Gasteiger partial charge in [-0.2, -0.15) is 0 Å². The summed E-state index contributed by atoms with van der Waals surface area (Å²) in [7, 11) is 1.51. The fourth-order valence-electron chi connectivity index (χ4n) is 4.14. The molecule has 2 aromatic carbocycles. The van der Waals surface area contributed by atoms with Crippen LogP contribution in [0.2, 0.25) is 0 Å². The van der Waals surface area contributed by atoms with Crippen LogP contribution in [0.5, 0.6) is 17.2 Å². The Morgan fingerprint density at radius 2 is 1.80 bits per heavy atom. The molecule has 1 aliphatic heterocycles. The number of hydrogen-bond acceptors (Lipinski definition) is 7. The summed E-state index contributed by atoms with van der Waals surface area (Å²) >= 11 is 0. The molecule has 182 valence electrons. The third kappa shape index (κ3) is 4.73. The number of nitrogens with zero attached hydrogens (tertiary/aromatic N) is 1. The number of amides is 1. The van der Waals surface area contributed by atoms with Gasteiger partial charge < -0.3 is 28.6 Å². The van der Waals surface area contributed by atoms with E-state index in [9.17, 15) is 14.7 Å². The molecule has 1 aliphatic rings. The van der Waals surface area contributed by atoms with Gasteiger partial charge in [-0.3, -0.25) is 9.59 Å². The average molecular weight is 478 g/mol. The highest BCUT2D eigenvalue weighted by molar-refractivity contribution is 6.46. The summed E-state index contributed by atoms with van der Waals surface area (Å²) in [4.78, 5) is 27.8. The van der Waals surface area contributed by atoms with Crippen LogP contribution in [-0.2, 0) is 16.1 Å². The maximum atomic E-state index is 13.3. The van der Waals surface area contributed by atoms with Crippen molar-refractivity contribution in [2.24, 2.45) is 0 Å². The lowest BCUT2D eigenvalue weighted by Gasteiger charge is -2.25. The first kappa shape index (κ1) is 23.9. The van der Waals surface area contributed by atoms with E-state index in [4.69, 9.17) is 18.6 Å². The van der Waals surface area contributed by atoms with Gasteiger partial charge in [0.15, 0.2) is 11.5 Å². The Hall–Kier alpha value is -4.20. The highest BCUT2D eigenvalue weighted by atomic mass is 16.5. The van der Waals surface area contributed by atoms with Crippen LogP contribution in [0.3, 0.4) is 0 Å². The number of furan rings is 1. The molecule has 0 radical (unpaired) electrons. The van der Waals surface area contributed by atoms with E-state index in [2.05, 4.69) is 0 Å². The number of benzene rings is 2. The Kier molecular flexibility index (Phi) is 7.10. The average Bonchev–Trinajstić information content (AvgIpc) is 3.47. The van der Waals surface area contributed by atoms with Crippen LogP contribution in [-0.4, -0.2) is 42.0 Å². The van der Waals surface area contributed by atoms with Gasteiger partial charge in [0, 0.05) is 5.56 Å². The summed E-state index contributed by atoms with van der Waals surface area (Å²) in [5.74, 6) is 0.228. The third-order valence-corrected chi connectivity index (χ3v) is 5.67. The van der Waals surface area contributed by atoms with E-state index in [0.717, 1.165) is 0 Å². The molecule has 1 aromatic heterocycles. The highest BCUT2D eigenvalue weighted by Crippen LogP contribution is 2.43. The second-order valence-corrected chi connectivity index (χ2v) is 7.81. The van der Waals surface area contributed by atoms with Crippen molar-refractivity contribution in [1.29, 1.82) is 0 Å². The lowest BCUT2D eigenvalue weighted by atomic mass is 9.95. The maximum Gasteiger partial charge on any atom is 0.296 e. The Labute approximate surface area is 203 Å². The first-order valence-electron chi connectivity index (χ1n) is 11.3. The molecule has 3 aromatic rings. The van der Waals surface area contributed by atoms with E-state index in [0.29, 0.717) is 47.3 Å². The largest absolute Gasteiger partial charge is 0.507 e. The molecule has 0 saturated carbocycles. The molecular formula is C27H27NO7. The van der Waals surface area contributed by atoms with Gasteiger partial charge in [0.05, 0.1) is 44.7 Å². The molecule has 1 N–H and O–H groups in total. The number of ether oxygens (including phenoxy) is 3. The predicted molar refractivity (Wildman–Crippen MR) is 128 cm³/mol. The molecule has 1 amide bonds. The summed E-state index contributed by atoms with van der Waals surface area (Å²) in [6, 6.07) is 14.5. The fourth-order valence-corrected chi connectivity index (χ4v) is 4.14. The SMILES string of the molecule is CCOc1cccc(C(O)=C2C(=O)C(=O)N(Cc3ccco3)C2c2ccc(OCC)c(OC)c2)c1. The molecular weight excluding hydrogens is 450 g/mol. The molecule has 0 aliphatic carbocycles. The number of aliphatic hydroxyl groups is 1. The van der Waals surface area contributed by atoms with Crippen molar-refractivity contribution < 1.29 is 33.3 Å². The van der Waals surface area contributed by atoms with Crippen LogP contribution >= 0.6 is 0 Å². The van der Waals surface area contributed by atoms with E-state index in [1.807, 2.05) is 13.8 Å². The molecule has 1 unspecified atom stereocenters. The minimum Gasteiger partial charge on any atom is -0.507 e. The van der Waals surface area contributed by atoms with E-state index >= 15 is 0 Å². The summed E-state index contributed by atoms with van der Waals surface area (Å²) in [6.45, 7) is 4.66. The van der Waals surface area contributed by atoms with Gasteiger partial charge in [-0.15, -0.1) is 0 Å². The predicted octanol–water partition coefficient (Wildman–Crippen LogP) is 4.71. The first-order chi connectivity index (χ1) is 17.0. The van der Waals surface area contributed by atoms with Gasteiger partial charge in [0.1, 0.15) is 17.3 Å². The monoisotopic (exact) mass is 477 g/mol. The molecule has 8 heteroatoms. The van der Waals surface area contributed by atoms with Crippen molar-refractivity contribution in [3.63, 3.8) is 0 Å². The second-order valence-electron chi connectivity index (χ2n) is 7.81. The minimum atomic E-state index is -0.875.